The van der Waals surface area contributed by atoms with Crippen LogP contribution in [0.25, 0.3) is 10.9 Å². The van der Waals surface area contributed by atoms with Crippen molar-refractivity contribution < 1.29 is 17.9 Å². The van der Waals surface area contributed by atoms with Crippen LogP contribution in [0.1, 0.15) is 5.56 Å². The number of methoxy groups -OCH3 is 2. The molecule has 0 atom stereocenters. The minimum atomic E-state index is -3.74. The van der Waals surface area contributed by atoms with E-state index in [2.05, 4.69) is 0 Å². The first-order chi connectivity index (χ1) is 11.5. The summed E-state index contributed by atoms with van der Waals surface area (Å²) in [5.74, 6) is 1.44. The first kappa shape index (κ1) is 16.7. The molecule has 0 bridgehead atoms. The van der Waals surface area contributed by atoms with Crippen LogP contribution in [0.2, 0.25) is 0 Å². The van der Waals surface area contributed by atoms with Gasteiger partial charge in [-0.05, 0) is 48.0 Å². The Morgan fingerprint density at radius 2 is 1.62 bits per heavy atom. The van der Waals surface area contributed by atoms with Gasteiger partial charge in [-0.3, -0.25) is 0 Å². The zero-order valence-corrected chi connectivity index (χ0v) is 14.8. The highest BCUT2D eigenvalue weighted by molar-refractivity contribution is 7.90. The molecule has 0 aliphatic rings. The van der Waals surface area contributed by atoms with E-state index in [-0.39, 0.29) is 10.8 Å². The summed E-state index contributed by atoms with van der Waals surface area (Å²) in [5, 5.41) is 0.751. The van der Waals surface area contributed by atoms with Gasteiger partial charge in [0.2, 0.25) is 0 Å². The zero-order valence-electron chi connectivity index (χ0n) is 13.2. The SMILES string of the molecule is COc1ccc(S(=O)(=O)n2cc(CCl)c3cc(OC)ccc32)cc1. The molecule has 0 saturated carbocycles. The lowest BCUT2D eigenvalue weighted by Crippen LogP contribution is -2.11. The second-order valence-electron chi connectivity index (χ2n) is 5.15. The Morgan fingerprint density at radius 3 is 2.21 bits per heavy atom. The van der Waals surface area contributed by atoms with E-state index >= 15 is 0 Å². The summed E-state index contributed by atoms with van der Waals surface area (Å²) in [7, 11) is -0.645. The van der Waals surface area contributed by atoms with Crippen LogP contribution in [0.15, 0.2) is 53.6 Å². The average Bonchev–Trinajstić information content (AvgIpc) is 3.00. The second kappa shape index (κ2) is 6.37. The van der Waals surface area contributed by atoms with Gasteiger partial charge in [-0.1, -0.05) is 0 Å². The maximum absolute atomic E-state index is 13.0. The number of benzene rings is 2. The third-order valence-electron chi connectivity index (χ3n) is 3.82. The van der Waals surface area contributed by atoms with E-state index in [1.54, 1.807) is 43.6 Å². The van der Waals surface area contributed by atoms with Crippen molar-refractivity contribution in [2.24, 2.45) is 0 Å². The van der Waals surface area contributed by atoms with Gasteiger partial charge in [-0.2, -0.15) is 0 Å². The van der Waals surface area contributed by atoms with Crippen LogP contribution in [-0.2, 0) is 15.9 Å². The highest BCUT2D eigenvalue weighted by Crippen LogP contribution is 2.30. The minimum absolute atomic E-state index is 0.178. The summed E-state index contributed by atoms with van der Waals surface area (Å²) in [5.41, 5.74) is 1.28. The number of ether oxygens (including phenoxy) is 2. The van der Waals surface area contributed by atoms with Crippen LogP contribution < -0.4 is 9.47 Å². The third kappa shape index (κ3) is 2.72. The Bertz CT molecular complexity index is 978. The summed E-state index contributed by atoms with van der Waals surface area (Å²) < 4.78 is 37.5. The lowest BCUT2D eigenvalue weighted by molar-refractivity contribution is 0.414. The zero-order chi connectivity index (χ0) is 17.3. The van der Waals surface area contributed by atoms with Crippen molar-refractivity contribution in [1.82, 2.24) is 3.97 Å². The summed E-state index contributed by atoms with van der Waals surface area (Å²) in [6.07, 6.45) is 1.55. The van der Waals surface area contributed by atoms with Crippen molar-refractivity contribution in [3.05, 3.63) is 54.2 Å². The Labute approximate surface area is 145 Å². The Hall–Kier alpha value is -2.18. The molecule has 0 aliphatic carbocycles. The number of hydrogen-bond acceptors (Lipinski definition) is 4. The lowest BCUT2D eigenvalue weighted by Gasteiger charge is -2.08. The molecule has 0 aliphatic heterocycles. The highest BCUT2D eigenvalue weighted by Gasteiger charge is 2.21. The molecule has 24 heavy (non-hydrogen) atoms. The number of hydrogen-bond donors (Lipinski definition) is 0. The van der Waals surface area contributed by atoms with Crippen LogP contribution in [0, 0.1) is 0 Å². The average molecular weight is 366 g/mol. The number of fused-ring (bicyclic) bond motifs is 1. The number of halogens is 1. The fourth-order valence-corrected chi connectivity index (χ4v) is 4.14. The first-order valence-electron chi connectivity index (χ1n) is 7.15. The van der Waals surface area contributed by atoms with E-state index in [4.69, 9.17) is 21.1 Å². The molecule has 2 aromatic carbocycles. The van der Waals surface area contributed by atoms with Crippen LogP contribution >= 0.6 is 11.6 Å². The molecule has 1 heterocycles. The summed E-state index contributed by atoms with van der Waals surface area (Å²) in [4.78, 5) is 0.178. The molecule has 3 rings (SSSR count). The fraction of sp³-hybridized carbons (Fsp3) is 0.176. The quantitative estimate of drug-likeness (QED) is 0.648. The number of rotatable bonds is 5. The van der Waals surface area contributed by atoms with Gasteiger partial charge in [0.1, 0.15) is 11.5 Å². The van der Waals surface area contributed by atoms with Gasteiger partial charge < -0.3 is 9.47 Å². The summed E-state index contributed by atoms with van der Waals surface area (Å²) >= 11 is 5.98. The molecule has 0 unspecified atom stereocenters. The number of nitrogens with zero attached hydrogens (tertiary/aromatic N) is 1. The van der Waals surface area contributed by atoms with Crippen molar-refractivity contribution in [3.8, 4) is 11.5 Å². The number of alkyl halides is 1. The van der Waals surface area contributed by atoms with E-state index in [1.165, 1.54) is 23.2 Å². The molecular weight excluding hydrogens is 350 g/mol. The Kier molecular flexibility index (Phi) is 4.43. The van der Waals surface area contributed by atoms with Crippen LogP contribution in [0.5, 0.6) is 11.5 Å². The van der Waals surface area contributed by atoms with E-state index in [0.717, 1.165) is 10.9 Å². The Balaban J connectivity index is 2.20. The lowest BCUT2D eigenvalue weighted by atomic mass is 10.2. The summed E-state index contributed by atoms with van der Waals surface area (Å²) in [6.45, 7) is 0. The molecule has 5 nitrogen and oxygen atoms in total. The molecule has 3 aromatic rings. The largest absolute Gasteiger partial charge is 0.497 e. The maximum Gasteiger partial charge on any atom is 0.268 e. The van der Waals surface area contributed by atoms with Gasteiger partial charge in [0, 0.05) is 17.5 Å². The van der Waals surface area contributed by atoms with Gasteiger partial charge >= 0.3 is 0 Å². The molecule has 0 amide bonds. The van der Waals surface area contributed by atoms with Gasteiger partial charge in [0.05, 0.1) is 24.6 Å². The molecule has 1 aromatic heterocycles. The second-order valence-corrected chi connectivity index (χ2v) is 7.23. The van der Waals surface area contributed by atoms with Crippen molar-refractivity contribution in [2.75, 3.05) is 14.2 Å². The molecule has 0 saturated heterocycles. The Morgan fingerprint density at radius 1 is 1.00 bits per heavy atom. The van der Waals surface area contributed by atoms with Crippen LogP contribution in [0.3, 0.4) is 0 Å². The van der Waals surface area contributed by atoms with E-state index < -0.39 is 10.0 Å². The monoisotopic (exact) mass is 365 g/mol. The molecule has 7 heteroatoms. The maximum atomic E-state index is 13.0. The van der Waals surface area contributed by atoms with E-state index in [0.29, 0.717) is 17.0 Å². The van der Waals surface area contributed by atoms with Crippen molar-refractivity contribution in [2.45, 2.75) is 10.8 Å². The van der Waals surface area contributed by atoms with E-state index in [1.807, 2.05) is 0 Å². The molecular formula is C17H16ClNO4S. The van der Waals surface area contributed by atoms with Gasteiger partial charge in [0.15, 0.2) is 0 Å². The van der Waals surface area contributed by atoms with Crippen molar-refractivity contribution >= 4 is 32.5 Å². The summed E-state index contributed by atoms with van der Waals surface area (Å²) in [6, 6.07) is 11.5. The smallest absolute Gasteiger partial charge is 0.268 e. The van der Waals surface area contributed by atoms with Gasteiger partial charge in [-0.25, -0.2) is 12.4 Å². The minimum Gasteiger partial charge on any atom is -0.497 e. The van der Waals surface area contributed by atoms with Crippen molar-refractivity contribution in [3.63, 3.8) is 0 Å². The van der Waals surface area contributed by atoms with Crippen molar-refractivity contribution in [1.29, 1.82) is 0 Å². The molecule has 126 valence electrons. The standard InChI is InChI=1S/C17H16ClNO4S/c1-22-13-3-6-15(7-4-13)24(20,21)19-11-12(10-18)16-9-14(23-2)5-8-17(16)19/h3-9,11H,10H2,1-2H3. The van der Waals surface area contributed by atoms with Gasteiger partial charge in [0.25, 0.3) is 10.0 Å². The highest BCUT2D eigenvalue weighted by atomic mass is 35.5. The molecule has 0 spiro atoms. The predicted molar refractivity (Wildman–Crippen MR) is 93.6 cm³/mol. The molecule has 0 radical (unpaired) electrons. The predicted octanol–water partition coefficient (Wildman–Crippen LogP) is 3.63. The normalized spacial score (nSPS) is 11.6. The molecule has 0 N–H and O–H groups in total. The van der Waals surface area contributed by atoms with Gasteiger partial charge in [-0.15, -0.1) is 11.6 Å². The van der Waals surface area contributed by atoms with Crippen LogP contribution in [-0.4, -0.2) is 26.6 Å². The van der Waals surface area contributed by atoms with E-state index in [9.17, 15) is 8.42 Å². The van der Waals surface area contributed by atoms with Crippen LogP contribution in [0.4, 0.5) is 0 Å². The molecule has 0 fully saturated rings. The first-order valence-corrected chi connectivity index (χ1v) is 9.12. The third-order valence-corrected chi connectivity index (χ3v) is 5.80. The fourth-order valence-electron chi connectivity index (χ4n) is 2.54. The number of aromatic nitrogens is 1. The topological polar surface area (TPSA) is 57.5 Å².